The summed E-state index contributed by atoms with van der Waals surface area (Å²) in [5, 5.41) is 18.3. The van der Waals surface area contributed by atoms with E-state index in [4.69, 9.17) is 0 Å². The molecule has 1 heterocycles. The van der Waals surface area contributed by atoms with Crippen molar-refractivity contribution < 1.29 is 9.72 Å². The Morgan fingerprint density at radius 3 is 2.46 bits per heavy atom. The van der Waals surface area contributed by atoms with Crippen LogP contribution in [0.5, 0.6) is 0 Å². The molecule has 3 aromatic rings. The third-order valence-electron chi connectivity index (χ3n) is 4.12. The van der Waals surface area contributed by atoms with E-state index in [1.165, 1.54) is 12.1 Å². The topological polar surface area (TPSA) is 90.1 Å². The molecule has 0 bridgehead atoms. The highest BCUT2D eigenvalue weighted by Gasteiger charge is 2.22. The van der Waals surface area contributed by atoms with Gasteiger partial charge in [0.2, 0.25) is 0 Å². The van der Waals surface area contributed by atoms with Crippen LogP contribution in [0.25, 0.3) is 5.69 Å². The maximum absolute atomic E-state index is 12.8. The van der Waals surface area contributed by atoms with Gasteiger partial charge < -0.3 is 5.32 Å². The zero-order valence-corrected chi connectivity index (χ0v) is 14.7. The summed E-state index contributed by atoms with van der Waals surface area (Å²) in [6.45, 7) is 5.30. The molecule has 1 amide bonds. The zero-order chi connectivity index (χ0) is 18.8. The second-order valence-electron chi connectivity index (χ2n) is 6.03. The molecule has 2 aromatic carbocycles. The van der Waals surface area contributed by atoms with Crippen molar-refractivity contribution in [3.05, 3.63) is 81.2 Å². The highest BCUT2D eigenvalue weighted by Crippen LogP contribution is 2.27. The van der Waals surface area contributed by atoms with Gasteiger partial charge in [0.25, 0.3) is 11.6 Å². The third-order valence-corrected chi connectivity index (χ3v) is 4.12. The van der Waals surface area contributed by atoms with E-state index in [-0.39, 0.29) is 11.4 Å². The number of aryl methyl sites for hydroxylation is 2. The van der Waals surface area contributed by atoms with Crippen LogP contribution in [0.3, 0.4) is 0 Å². The van der Waals surface area contributed by atoms with Crippen molar-refractivity contribution in [3.8, 4) is 5.69 Å². The number of nitrogens with one attached hydrogen (secondary N) is 1. The molecule has 1 N–H and O–H groups in total. The maximum atomic E-state index is 12.8. The molecule has 0 unspecified atom stereocenters. The molecule has 132 valence electrons. The minimum Gasteiger partial charge on any atom is -0.316 e. The van der Waals surface area contributed by atoms with Crippen molar-refractivity contribution in [2.45, 2.75) is 20.8 Å². The molecule has 7 nitrogen and oxygen atoms in total. The first kappa shape index (κ1) is 17.3. The number of hydrogen-bond acceptors (Lipinski definition) is 4. The first-order valence-corrected chi connectivity index (χ1v) is 8.06. The van der Waals surface area contributed by atoms with Crippen molar-refractivity contribution in [2.24, 2.45) is 0 Å². The molecule has 0 aliphatic carbocycles. The van der Waals surface area contributed by atoms with E-state index in [0.717, 1.165) is 11.3 Å². The molecule has 1 aromatic heterocycles. The number of nitrogens with zero attached hydrogens (tertiary/aromatic N) is 3. The van der Waals surface area contributed by atoms with Gasteiger partial charge in [-0.2, -0.15) is 5.10 Å². The van der Waals surface area contributed by atoms with Gasteiger partial charge in [-0.1, -0.05) is 24.3 Å². The Hall–Kier alpha value is -3.48. The molecule has 0 fully saturated rings. The Balaban J connectivity index is 1.97. The molecular formula is C19H18N4O3. The minimum atomic E-state index is -0.504. The van der Waals surface area contributed by atoms with Crippen LogP contribution in [-0.4, -0.2) is 20.6 Å². The molecule has 3 rings (SSSR count). The van der Waals surface area contributed by atoms with E-state index in [1.54, 1.807) is 31.5 Å². The predicted molar refractivity (Wildman–Crippen MR) is 98.8 cm³/mol. The van der Waals surface area contributed by atoms with Gasteiger partial charge in [-0.15, -0.1) is 0 Å². The van der Waals surface area contributed by atoms with Gasteiger partial charge in [-0.25, -0.2) is 4.68 Å². The second kappa shape index (κ2) is 6.79. The highest BCUT2D eigenvalue weighted by molar-refractivity contribution is 6.07. The smallest absolute Gasteiger partial charge is 0.293 e. The molecule has 0 atom stereocenters. The van der Waals surface area contributed by atoms with Crippen molar-refractivity contribution >= 4 is 17.3 Å². The zero-order valence-electron chi connectivity index (χ0n) is 14.7. The number of anilines is 1. The summed E-state index contributed by atoms with van der Waals surface area (Å²) in [6.07, 6.45) is 0. The molecule has 0 aliphatic heterocycles. The third kappa shape index (κ3) is 3.19. The summed E-state index contributed by atoms with van der Waals surface area (Å²) in [5.41, 5.74) is 3.25. The quantitative estimate of drug-likeness (QED) is 0.570. The van der Waals surface area contributed by atoms with Crippen molar-refractivity contribution in [1.29, 1.82) is 0 Å². The number of carbonyl (C=O) groups excluding carboxylic acids is 1. The number of amides is 1. The number of benzene rings is 2. The van der Waals surface area contributed by atoms with Gasteiger partial charge in [0, 0.05) is 6.07 Å². The van der Waals surface area contributed by atoms with E-state index in [9.17, 15) is 14.9 Å². The number of rotatable bonds is 4. The Morgan fingerprint density at radius 2 is 1.81 bits per heavy atom. The second-order valence-corrected chi connectivity index (χ2v) is 6.03. The summed E-state index contributed by atoms with van der Waals surface area (Å²) in [7, 11) is 0. The number of para-hydroxylation sites is 1. The average molecular weight is 350 g/mol. The fraction of sp³-hybridized carbons (Fsp3) is 0.158. The van der Waals surface area contributed by atoms with Crippen LogP contribution < -0.4 is 5.32 Å². The number of aromatic nitrogens is 2. The van der Waals surface area contributed by atoms with E-state index in [0.29, 0.717) is 17.0 Å². The normalized spacial score (nSPS) is 10.6. The highest BCUT2D eigenvalue weighted by atomic mass is 16.6. The molecular weight excluding hydrogens is 332 g/mol. The molecule has 0 saturated carbocycles. The van der Waals surface area contributed by atoms with Gasteiger partial charge in [0.1, 0.15) is 5.69 Å². The predicted octanol–water partition coefficient (Wildman–Crippen LogP) is 3.96. The molecule has 0 radical (unpaired) electrons. The Kier molecular flexibility index (Phi) is 4.53. The Labute approximate surface area is 150 Å². The fourth-order valence-electron chi connectivity index (χ4n) is 2.88. The number of carbonyl (C=O) groups is 1. The van der Waals surface area contributed by atoms with Crippen LogP contribution in [0.1, 0.15) is 27.3 Å². The van der Waals surface area contributed by atoms with Crippen molar-refractivity contribution in [3.63, 3.8) is 0 Å². The van der Waals surface area contributed by atoms with E-state index >= 15 is 0 Å². The lowest BCUT2D eigenvalue weighted by Gasteiger charge is -2.08. The first-order valence-electron chi connectivity index (χ1n) is 8.06. The van der Waals surface area contributed by atoms with E-state index in [2.05, 4.69) is 10.4 Å². The summed E-state index contributed by atoms with van der Waals surface area (Å²) < 4.78 is 1.69. The first-order chi connectivity index (χ1) is 12.4. The lowest BCUT2D eigenvalue weighted by Crippen LogP contribution is -2.15. The van der Waals surface area contributed by atoms with Gasteiger partial charge in [-0.3, -0.25) is 14.9 Å². The van der Waals surface area contributed by atoms with Gasteiger partial charge in [0.15, 0.2) is 0 Å². The van der Waals surface area contributed by atoms with E-state index < -0.39 is 10.8 Å². The van der Waals surface area contributed by atoms with Crippen molar-refractivity contribution in [2.75, 3.05) is 5.32 Å². The summed E-state index contributed by atoms with van der Waals surface area (Å²) in [5.74, 6) is -0.422. The van der Waals surface area contributed by atoms with Crippen LogP contribution in [-0.2, 0) is 0 Å². The minimum absolute atomic E-state index is 0.135. The largest absolute Gasteiger partial charge is 0.316 e. The van der Waals surface area contributed by atoms with E-state index in [1.807, 2.05) is 30.3 Å². The Morgan fingerprint density at radius 1 is 1.12 bits per heavy atom. The maximum Gasteiger partial charge on any atom is 0.293 e. The molecule has 0 saturated heterocycles. The average Bonchev–Trinajstić information content (AvgIpc) is 2.91. The number of nitro groups is 1. The lowest BCUT2D eigenvalue weighted by atomic mass is 10.1. The molecule has 26 heavy (non-hydrogen) atoms. The van der Waals surface area contributed by atoms with Crippen LogP contribution in [0.2, 0.25) is 0 Å². The summed E-state index contributed by atoms with van der Waals surface area (Å²) in [4.78, 5) is 23.5. The lowest BCUT2D eigenvalue weighted by molar-refractivity contribution is -0.384. The van der Waals surface area contributed by atoms with Gasteiger partial charge in [-0.05, 0) is 44.5 Å². The molecule has 7 heteroatoms. The van der Waals surface area contributed by atoms with Crippen LogP contribution in [0.15, 0.2) is 48.5 Å². The van der Waals surface area contributed by atoms with Crippen LogP contribution in [0.4, 0.5) is 11.4 Å². The monoisotopic (exact) mass is 350 g/mol. The number of hydrogen-bond donors (Lipinski definition) is 1. The van der Waals surface area contributed by atoms with Crippen LogP contribution >= 0.6 is 0 Å². The molecule has 0 spiro atoms. The summed E-state index contributed by atoms with van der Waals surface area (Å²) >= 11 is 0. The van der Waals surface area contributed by atoms with Gasteiger partial charge in [0.05, 0.1) is 27.6 Å². The molecule has 0 aliphatic rings. The fourth-order valence-corrected chi connectivity index (χ4v) is 2.88. The van der Waals surface area contributed by atoms with Crippen LogP contribution in [0, 0.1) is 30.9 Å². The van der Waals surface area contributed by atoms with Gasteiger partial charge >= 0.3 is 0 Å². The standard InChI is InChI=1S/C19H18N4O3/c1-12-9-10-16(17(11-12)23(25)26)20-19(24)18-13(2)21-22(14(18)3)15-7-5-4-6-8-15/h4-11H,1-3H3,(H,20,24). The number of nitro benzene ring substituents is 1. The van der Waals surface area contributed by atoms with Crippen molar-refractivity contribution in [1.82, 2.24) is 9.78 Å². The Bertz CT molecular complexity index is 994. The summed E-state index contributed by atoms with van der Waals surface area (Å²) in [6, 6.07) is 14.2. The SMILES string of the molecule is Cc1ccc(NC(=O)c2c(C)nn(-c3ccccc3)c2C)c([N+](=O)[O-])c1.